The summed E-state index contributed by atoms with van der Waals surface area (Å²) in [4.78, 5) is 25.8. The number of hydrogen-bond donors (Lipinski definition) is 1. The predicted molar refractivity (Wildman–Crippen MR) is 98.7 cm³/mol. The van der Waals surface area contributed by atoms with Crippen molar-refractivity contribution in [3.63, 3.8) is 0 Å². The molecule has 1 N–H and O–H groups in total. The molecule has 0 spiro atoms. The number of nitrogens with zero attached hydrogens (tertiary/aromatic N) is 3. The monoisotopic (exact) mass is 352 g/mol. The number of carbonyl (C=O) groups excluding carboxylic acids is 1. The zero-order valence-electron chi connectivity index (χ0n) is 15.5. The smallest absolute Gasteiger partial charge is 0.230 e. The molecule has 1 saturated carbocycles. The van der Waals surface area contributed by atoms with Gasteiger partial charge in [-0.2, -0.15) is 4.98 Å². The number of hydrogen-bond acceptors (Lipinski definition) is 6. The molecule has 2 aliphatic carbocycles. The van der Waals surface area contributed by atoms with Crippen molar-refractivity contribution in [2.75, 3.05) is 12.4 Å². The summed E-state index contributed by atoms with van der Waals surface area (Å²) in [6.45, 7) is 4.32. The first-order valence-corrected chi connectivity index (χ1v) is 9.18. The van der Waals surface area contributed by atoms with E-state index >= 15 is 0 Å². The van der Waals surface area contributed by atoms with Crippen LogP contribution in [0.3, 0.4) is 0 Å². The van der Waals surface area contributed by atoms with E-state index in [1.807, 2.05) is 12.1 Å². The zero-order valence-corrected chi connectivity index (χ0v) is 15.5. The van der Waals surface area contributed by atoms with Crippen LogP contribution in [0.2, 0.25) is 0 Å². The summed E-state index contributed by atoms with van der Waals surface area (Å²) in [6.07, 6.45) is 6.74. The number of pyridine rings is 1. The number of ketones is 1. The fourth-order valence-electron chi connectivity index (χ4n) is 4.68. The molecule has 0 saturated heterocycles. The predicted octanol–water partition coefficient (Wildman–Crippen LogP) is 3.44. The van der Waals surface area contributed by atoms with E-state index in [9.17, 15) is 4.79 Å². The highest BCUT2D eigenvalue weighted by Crippen LogP contribution is 2.51. The molecule has 1 fully saturated rings. The summed E-state index contributed by atoms with van der Waals surface area (Å²) in [5.74, 6) is 1.95. The van der Waals surface area contributed by atoms with E-state index in [1.54, 1.807) is 19.5 Å². The first kappa shape index (κ1) is 16.9. The topological polar surface area (TPSA) is 77.0 Å². The number of methoxy groups -OCH3 is 1. The quantitative estimate of drug-likeness (QED) is 0.912. The molecule has 3 atom stereocenters. The van der Waals surface area contributed by atoms with Gasteiger partial charge in [0.15, 0.2) is 0 Å². The second-order valence-corrected chi connectivity index (χ2v) is 7.56. The van der Waals surface area contributed by atoms with Crippen molar-refractivity contribution >= 4 is 17.4 Å². The fraction of sp³-hybridized carbons (Fsp3) is 0.500. The molecule has 0 radical (unpaired) electrons. The number of fused-ring (bicyclic) bond motifs is 3. The summed E-state index contributed by atoms with van der Waals surface area (Å²) in [7, 11) is 1.65. The number of carbonyl (C=O) groups is 1. The van der Waals surface area contributed by atoms with Crippen LogP contribution >= 0.6 is 0 Å². The average Bonchev–Trinajstić information content (AvgIpc) is 2.66. The molecule has 6 nitrogen and oxygen atoms in total. The zero-order chi connectivity index (χ0) is 18.3. The minimum Gasteiger partial charge on any atom is -0.481 e. The third kappa shape index (κ3) is 2.64. The largest absolute Gasteiger partial charge is 0.481 e. The molecule has 0 aliphatic heterocycles. The Balaban J connectivity index is 1.79. The molecule has 136 valence electrons. The number of Topliss-reactive ketones (excluding diaryl/α,β-unsaturated/α-hetero) is 1. The summed E-state index contributed by atoms with van der Waals surface area (Å²) < 4.78 is 5.59. The number of nitrogens with one attached hydrogen (secondary N) is 1. The Bertz CT molecular complexity index is 839. The van der Waals surface area contributed by atoms with E-state index in [1.165, 1.54) is 0 Å². The maximum atomic E-state index is 12.3. The lowest BCUT2D eigenvalue weighted by Gasteiger charge is -2.47. The molecular weight excluding hydrogens is 328 g/mol. The first-order chi connectivity index (χ1) is 12.5. The van der Waals surface area contributed by atoms with E-state index in [0.717, 1.165) is 36.2 Å². The lowest BCUT2D eigenvalue weighted by Crippen LogP contribution is -2.47. The van der Waals surface area contributed by atoms with Crippen LogP contribution in [0.1, 0.15) is 44.4 Å². The maximum Gasteiger partial charge on any atom is 0.230 e. The van der Waals surface area contributed by atoms with Gasteiger partial charge < -0.3 is 10.1 Å². The second kappa shape index (κ2) is 6.34. The van der Waals surface area contributed by atoms with Gasteiger partial charge in [0.25, 0.3) is 0 Å². The Kier molecular flexibility index (Phi) is 4.13. The van der Waals surface area contributed by atoms with Crippen LogP contribution in [-0.4, -0.2) is 27.8 Å². The standard InChI is InChI=1S/C20H24N4O2/c1-12-15-5-4-14-17(20(15,2)9-6-16(12)25)23-19(24-18(14)26-3)22-13-7-10-21-11-8-13/h7-8,10-12,15H,4-6,9H2,1-3H3,(H,21,22,23,24)/t12-,15-,20-/m1/s1. The summed E-state index contributed by atoms with van der Waals surface area (Å²) in [6, 6.07) is 3.75. The van der Waals surface area contributed by atoms with Gasteiger partial charge in [-0.15, -0.1) is 0 Å². The molecule has 0 unspecified atom stereocenters. The van der Waals surface area contributed by atoms with E-state index in [-0.39, 0.29) is 11.3 Å². The highest BCUT2D eigenvalue weighted by molar-refractivity contribution is 5.82. The van der Waals surface area contributed by atoms with Crippen molar-refractivity contribution in [2.24, 2.45) is 11.8 Å². The lowest BCUT2D eigenvalue weighted by atomic mass is 9.56. The van der Waals surface area contributed by atoms with Crippen LogP contribution in [-0.2, 0) is 16.6 Å². The normalized spacial score (nSPS) is 27.4. The Labute approximate surface area is 153 Å². The third-order valence-electron chi connectivity index (χ3n) is 6.17. The van der Waals surface area contributed by atoms with Crippen LogP contribution in [0.4, 0.5) is 11.6 Å². The van der Waals surface area contributed by atoms with Crippen LogP contribution < -0.4 is 10.1 Å². The van der Waals surface area contributed by atoms with Gasteiger partial charge in [0.05, 0.1) is 12.8 Å². The van der Waals surface area contributed by atoms with E-state index in [2.05, 4.69) is 29.1 Å². The van der Waals surface area contributed by atoms with Crippen molar-refractivity contribution in [2.45, 2.75) is 44.9 Å². The van der Waals surface area contributed by atoms with Crippen molar-refractivity contribution in [1.82, 2.24) is 15.0 Å². The van der Waals surface area contributed by atoms with Crippen LogP contribution in [0.25, 0.3) is 0 Å². The van der Waals surface area contributed by atoms with Gasteiger partial charge in [0.2, 0.25) is 11.8 Å². The third-order valence-corrected chi connectivity index (χ3v) is 6.17. The summed E-state index contributed by atoms with van der Waals surface area (Å²) in [5, 5.41) is 3.25. The van der Waals surface area contributed by atoms with Gasteiger partial charge in [-0.1, -0.05) is 13.8 Å². The highest BCUT2D eigenvalue weighted by Gasteiger charge is 2.49. The molecule has 0 amide bonds. The summed E-state index contributed by atoms with van der Waals surface area (Å²) >= 11 is 0. The molecule has 2 heterocycles. The first-order valence-electron chi connectivity index (χ1n) is 9.18. The molecule has 0 bridgehead atoms. The van der Waals surface area contributed by atoms with Crippen molar-refractivity contribution in [1.29, 1.82) is 0 Å². The molecule has 4 rings (SSSR count). The van der Waals surface area contributed by atoms with Crippen LogP contribution in [0, 0.1) is 11.8 Å². The second-order valence-electron chi connectivity index (χ2n) is 7.56. The maximum absolute atomic E-state index is 12.3. The molecule has 0 aromatic carbocycles. The fourth-order valence-corrected chi connectivity index (χ4v) is 4.68. The van der Waals surface area contributed by atoms with Gasteiger partial charge >= 0.3 is 0 Å². The molecule has 26 heavy (non-hydrogen) atoms. The number of anilines is 2. The number of aromatic nitrogens is 3. The van der Waals surface area contributed by atoms with Gasteiger partial charge in [-0.3, -0.25) is 9.78 Å². The Morgan fingerprint density at radius 2 is 2.00 bits per heavy atom. The van der Waals surface area contributed by atoms with Crippen LogP contribution in [0.15, 0.2) is 24.5 Å². The van der Waals surface area contributed by atoms with Crippen molar-refractivity contribution < 1.29 is 9.53 Å². The average molecular weight is 352 g/mol. The van der Waals surface area contributed by atoms with Gasteiger partial charge in [-0.05, 0) is 37.3 Å². The molecular formula is C20H24N4O2. The summed E-state index contributed by atoms with van der Waals surface area (Å²) in [5.41, 5.74) is 2.89. The van der Waals surface area contributed by atoms with Gasteiger partial charge in [0, 0.05) is 41.4 Å². The Morgan fingerprint density at radius 1 is 1.23 bits per heavy atom. The molecule has 2 aliphatic rings. The molecule has 2 aromatic rings. The lowest BCUT2D eigenvalue weighted by molar-refractivity contribution is -0.128. The Hall–Kier alpha value is -2.50. The number of ether oxygens (including phenoxy) is 1. The van der Waals surface area contributed by atoms with Crippen molar-refractivity contribution in [3.8, 4) is 5.88 Å². The van der Waals surface area contributed by atoms with E-state index in [0.29, 0.717) is 30.0 Å². The van der Waals surface area contributed by atoms with E-state index < -0.39 is 0 Å². The van der Waals surface area contributed by atoms with Gasteiger partial charge in [-0.25, -0.2) is 4.98 Å². The van der Waals surface area contributed by atoms with Crippen molar-refractivity contribution in [3.05, 3.63) is 35.8 Å². The minimum absolute atomic E-state index is 0.0828. The molecule has 6 heteroatoms. The minimum atomic E-state index is -0.119. The van der Waals surface area contributed by atoms with E-state index in [4.69, 9.17) is 9.72 Å². The van der Waals surface area contributed by atoms with Gasteiger partial charge in [0.1, 0.15) is 5.78 Å². The van der Waals surface area contributed by atoms with Crippen LogP contribution in [0.5, 0.6) is 5.88 Å². The number of rotatable bonds is 3. The Morgan fingerprint density at radius 3 is 2.73 bits per heavy atom. The highest BCUT2D eigenvalue weighted by atomic mass is 16.5. The SMILES string of the molecule is COc1nc(Nc2ccncc2)nc2c1CC[C@@H]1[C@@H](C)C(=O)CC[C@@]21C. The molecule has 2 aromatic heterocycles.